The lowest BCUT2D eigenvalue weighted by Gasteiger charge is -2.41. The molecule has 19 heteroatoms. The Morgan fingerprint density at radius 3 is 2.50 bits per heavy atom. The lowest BCUT2D eigenvalue weighted by Crippen LogP contribution is -2.55. The van der Waals surface area contributed by atoms with Crippen molar-refractivity contribution in [1.29, 1.82) is 0 Å². The Labute approximate surface area is 300 Å². The van der Waals surface area contributed by atoms with Gasteiger partial charge >= 0.3 is 6.18 Å². The highest BCUT2D eigenvalue weighted by molar-refractivity contribution is 6.33. The molecule has 0 bridgehead atoms. The molecule has 1 aliphatic carbocycles. The highest BCUT2D eigenvalue weighted by Gasteiger charge is 2.36. The van der Waals surface area contributed by atoms with Crippen LogP contribution in [0.15, 0.2) is 29.2 Å². The van der Waals surface area contributed by atoms with Crippen LogP contribution in [-0.2, 0) is 23.9 Å². The quantitative estimate of drug-likeness (QED) is 0.245. The number of nitrogens with zero attached hydrogens (tertiary/aromatic N) is 9. The lowest BCUT2D eigenvalue weighted by molar-refractivity contribution is -0.137. The summed E-state index contributed by atoms with van der Waals surface area (Å²) in [5.41, 5.74) is -0.460. The van der Waals surface area contributed by atoms with Gasteiger partial charge in [0.2, 0.25) is 23.5 Å². The molecule has 15 nitrogen and oxygen atoms in total. The number of nitrogens with one attached hydrogen (secondary N) is 2. The molecule has 3 N–H and O–H groups in total. The molecular formula is C33H39ClF3N11O4. The molecule has 1 saturated carbocycles. The summed E-state index contributed by atoms with van der Waals surface area (Å²) in [5, 5.41) is 25.3. The van der Waals surface area contributed by atoms with Gasteiger partial charge in [-0.05, 0) is 50.8 Å². The Balaban J connectivity index is 1.21. The van der Waals surface area contributed by atoms with Crippen molar-refractivity contribution in [3.8, 4) is 5.88 Å². The number of alkyl halides is 3. The van der Waals surface area contributed by atoms with Gasteiger partial charge in [-0.1, -0.05) is 18.5 Å². The van der Waals surface area contributed by atoms with Crippen LogP contribution < -0.4 is 26.0 Å². The minimum Gasteiger partial charge on any atom is -0.493 e. The number of halogens is 4. The van der Waals surface area contributed by atoms with E-state index in [-0.39, 0.29) is 72.1 Å². The highest BCUT2D eigenvalue weighted by Crippen LogP contribution is 2.36. The fourth-order valence-corrected chi connectivity index (χ4v) is 7.29. The Morgan fingerprint density at radius 1 is 1.12 bits per heavy atom. The number of hydrogen-bond donors (Lipinski definition) is 3. The standard InChI is InChI=1S/C33H39ClF3N11O4/c1-3-25-27(44-13-14-45(19(2)17-44)28(50)22-16-39-47(29(22)51)21-5-4-6-21)30(52)48-32(41-31(42-48)43-11-9-38-10-12-43)46(25)18-26(49)40-24-8-7-20(15-23(24)34)33(35,36)37/h7-8,15-16,19,21,38,51H,3-6,9-14,17-18H2,1-2H3,(H,40,49)/t19-/m1/s1. The molecule has 2 amide bonds. The maximum absolute atomic E-state index is 14.3. The number of piperazine rings is 2. The number of carbonyl (C=O) groups is 2. The van der Waals surface area contributed by atoms with Gasteiger partial charge in [-0.25, -0.2) is 4.68 Å². The van der Waals surface area contributed by atoms with Crippen LogP contribution in [0.1, 0.15) is 60.8 Å². The Morgan fingerprint density at radius 2 is 1.87 bits per heavy atom. The lowest BCUT2D eigenvalue weighted by atomic mass is 9.93. The second kappa shape index (κ2) is 13.9. The van der Waals surface area contributed by atoms with E-state index in [1.165, 1.54) is 15.4 Å². The fourth-order valence-electron chi connectivity index (χ4n) is 7.07. The second-order valence-electron chi connectivity index (χ2n) is 13.3. The number of hydrogen-bond acceptors (Lipinski definition) is 10. The fraction of sp³-hybridized carbons (Fsp3) is 0.515. The summed E-state index contributed by atoms with van der Waals surface area (Å²) in [5.74, 6) is -0.648. The first-order valence-corrected chi connectivity index (χ1v) is 17.7. The summed E-state index contributed by atoms with van der Waals surface area (Å²) >= 11 is 6.14. The summed E-state index contributed by atoms with van der Waals surface area (Å²) in [7, 11) is 0. The molecule has 278 valence electrons. The third-order valence-electron chi connectivity index (χ3n) is 10.0. The molecular weight excluding hydrogens is 707 g/mol. The van der Waals surface area contributed by atoms with Gasteiger partial charge in [-0.2, -0.15) is 27.8 Å². The van der Waals surface area contributed by atoms with Crippen LogP contribution in [0.3, 0.4) is 0 Å². The predicted octanol–water partition coefficient (Wildman–Crippen LogP) is 3.15. The van der Waals surface area contributed by atoms with Crippen molar-refractivity contribution < 1.29 is 27.9 Å². The molecule has 7 rings (SSSR count). The zero-order chi connectivity index (χ0) is 36.9. The van der Waals surface area contributed by atoms with E-state index in [1.54, 1.807) is 9.47 Å². The monoisotopic (exact) mass is 745 g/mol. The van der Waals surface area contributed by atoms with Crippen molar-refractivity contribution >= 4 is 46.5 Å². The zero-order valence-electron chi connectivity index (χ0n) is 28.7. The van der Waals surface area contributed by atoms with Gasteiger partial charge in [0.1, 0.15) is 17.8 Å². The number of aromatic hydroxyl groups is 1. The topological polar surface area (TPSA) is 158 Å². The molecule has 4 aromatic rings. The molecule has 1 aromatic carbocycles. The number of benzene rings is 1. The summed E-state index contributed by atoms with van der Waals surface area (Å²) in [6.45, 7) is 6.73. The summed E-state index contributed by atoms with van der Waals surface area (Å²) < 4.78 is 44.0. The van der Waals surface area contributed by atoms with E-state index in [4.69, 9.17) is 16.6 Å². The van der Waals surface area contributed by atoms with Crippen molar-refractivity contribution in [2.75, 3.05) is 60.9 Å². The van der Waals surface area contributed by atoms with Crippen molar-refractivity contribution in [2.45, 2.75) is 64.3 Å². The van der Waals surface area contributed by atoms with Crippen LogP contribution in [-0.4, -0.2) is 103 Å². The first-order chi connectivity index (χ1) is 24.8. The van der Waals surface area contributed by atoms with E-state index in [0.717, 1.165) is 37.5 Å². The van der Waals surface area contributed by atoms with Crippen LogP contribution in [0.2, 0.25) is 5.02 Å². The van der Waals surface area contributed by atoms with Gasteiger partial charge < -0.3 is 35.0 Å². The van der Waals surface area contributed by atoms with Crippen LogP contribution >= 0.6 is 11.6 Å². The number of fused-ring (bicyclic) bond motifs is 1. The van der Waals surface area contributed by atoms with Crippen LogP contribution in [0.4, 0.5) is 30.5 Å². The molecule has 5 heterocycles. The van der Waals surface area contributed by atoms with Crippen LogP contribution in [0.5, 0.6) is 5.88 Å². The number of rotatable bonds is 8. The molecule has 2 saturated heterocycles. The number of amides is 2. The highest BCUT2D eigenvalue weighted by atomic mass is 35.5. The van der Waals surface area contributed by atoms with Crippen molar-refractivity contribution in [1.82, 2.24) is 39.2 Å². The number of aromatic nitrogens is 6. The van der Waals surface area contributed by atoms with Gasteiger partial charge in [0.25, 0.3) is 11.5 Å². The molecule has 0 radical (unpaired) electrons. The number of anilines is 3. The molecule has 3 fully saturated rings. The molecule has 0 unspecified atom stereocenters. The Hall–Kier alpha value is -4.84. The second-order valence-corrected chi connectivity index (χ2v) is 13.8. The third kappa shape index (κ3) is 6.53. The minimum atomic E-state index is -4.60. The predicted molar refractivity (Wildman–Crippen MR) is 186 cm³/mol. The molecule has 3 aromatic heterocycles. The van der Waals surface area contributed by atoms with E-state index >= 15 is 0 Å². The maximum Gasteiger partial charge on any atom is 0.416 e. The average Bonchev–Trinajstić information content (AvgIpc) is 3.70. The minimum absolute atomic E-state index is 0.00291. The van der Waals surface area contributed by atoms with E-state index in [0.29, 0.717) is 49.9 Å². The summed E-state index contributed by atoms with van der Waals surface area (Å²) in [4.78, 5) is 51.7. The number of carbonyl (C=O) groups excluding carboxylic acids is 2. The molecule has 1 atom stereocenters. The van der Waals surface area contributed by atoms with E-state index in [1.807, 2.05) is 23.6 Å². The normalized spacial score (nSPS) is 18.6. The van der Waals surface area contributed by atoms with Gasteiger partial charge in [0, 0.05) is 51.9 Å². The van der Waals surface area contributed by atoms with E-state index in [2.05, 4.69) is 20.8 Å². The summed E-state index contributed by atoms with van der Waals surface area (Å²) in [6, 6.07) is 2.38. The zero-order valence-corrected chi connectivity index (χ0v) is 29.4. The Bertz CT molecular complexity index is 2070. The third-order valence-corrected chi connectivity index (χ3v) is 10.4. The van der Waals surface area contributed by atoms with E-state index in [9.17, 15) is 32.7 Å². The van der Waals surface area contributed by atoms with Crippen molar-refractivity contribution in [3.05, 3.63) is 56.6 Å². The average molecular weight is 746 g/mol. The first-order valence-electron chi connectivity index (χ1n) is 17.3. The molecule has 3 aliphatic rings. The van der Waals surface area contributed by atoms with Gasteiger partial charge in [0.15, 0.2) is 0 Å². The van der Waals surface area contributed by atoms with Gasteiger partial charge in [-0.3, -0.25) is 14.4 Å². The first kappa shape index (κ1) is 35.6. The maximum atomic E-state index is 14.3. The molecule has 0 spiro atoms. The molecule has 52 heavy (non-hydrogen) atoms. The van der Waals surface area contributed by atoms with Crippen LogP contribution in [0, 0.1) is 0 Å². The molecule has 2 aliphatic heterocycles. The van der Waals surface area contributed by atoms with Crippen molar-refractivity contribution in [3.63, 3.8) is 0 Å². The smallest absolute Gasteiger partial charge is 0.416 e. The Kier molecular flexibility index (Phi) is 9.54. The van der Waals surface area contributed by atoms with Gasteiger partial charge in [0.05, 0.1) is 34.2 Å². The summed E-state index contributed by atoms with van der Waals surface area (Å²) in [6.07, 6.45) is -0.0530. The van der Waals surface area contributed by atoms with E-state index < -0.39 is 23.2 Å². The SMILES string of the molecule is CCc1c(N2CCN(C(=O)c3cnn(C4CCC4)c3O)[C@H](C)C2)c(=O)n2nc(N3CCNCC3)nc2n1CC(=O)Nc1ccc(C(F)(F)F)cc1Cl. The van der Waals surface area contributed by atoms with Crippen molar-refractivity contribution in [2.24, 2.45) is 0 Å². The van der Waals surface area contributed by atoms with Crippen LogP contribution in [0.25, 0.3) is 5.78 Å². The van der Waals surface area contributed by atoms with Gasteiger partial charge in [-0.15, -0.1) is 5.10 Å². The largest absolute Gasteiger partial charge is 0.493 e.